The lowest BCUT2D eigenvalue weighted by atomic mass is 10.5. The van der Waals surface area contributed by atoms with Crippen molar-refractivity contribution >= 4 is 16.9 Å². The average molecular weight is 277 g/mol. The van der Waals surface area contributed by atoms with E-state index in [0.717, 1.165) is 10.3 Å². The van der Waals surface area contributed by atoms with Gasteiger partial charge in [-0.05, 0) is 6.92 Å². The summed E-state index contributed by atoms with van der Waals surface area (Å²) >= 11 is 0. The molecule has 8 heteroatoms. The minimum atomic E-state index is -0.409. The summed E-state index contributed by atoms with van der Waals surface area (Å²) in [5, 5.41) is 9.12. The molecule has 0 spiro atoms. The maximum absolute atomic E-state index is 12.3. The van der Waals surface area contributed by atoms with Crippen LogP contribution in [-0.2, 0) is 20.6 Å². The monoisotopic (exact) mass is 277 g/mol. The fraction of sp³-hybridized carbons (Fsp3) is 0.417. The van der Waals surface area contributed by atoms with Gasteiger partial charge in [-0.1, -0.05) is 0 Å². The normalized spacial score (nSPS) is 11.8. The molecule has 0 aliphatic rings. The van der Waals surface area contributed by atoms with Crippen LogP contribution in [0.25, 0.3) is 16.9 Å². The predicted molar refractivity (Wildman–Crippen MR) is 73.0 cm³/mol. The van der Waals surface area contributed by atoms with Gasteiger partial charge in [0.25, 0.3) is 5.56 Å². The van der Waals surface area contributed by atoms with Crippen LogP contribution in [0.3, 0.4) is 0 Å². The minimum Gasteiger partial charge on any atom is -0.395 e. The summed E-state index contributed by atoms with van der Waals surface area (Å²) in [5.41, 5.74) is 0.814. The molecule has 0 saturated carbocycles. The number of fused-ring (bicyclic) bond motifs is 3. The molecule has 20 heavy (non-hydrogen) atoms. The number of hydrogen-bond acceptors (Lipinski definition) is 4. The van der Waals surface area contributed by atoms with Gasteiger partial charge in [0, 0.05) is 32.5 Å². The van der Waals surface area contributed by atoms with Gasteiger partial charge in [-0.25, -0.2) is 4.79 Å². The van der Waals surface area contributed by atoms with E-state index in [9.17, 15) is 9.59 Å². The third-order valence-electron chi connectivity index (χ3n) is 3.58. The summed E-state index contributed by atoms with van der Waals surface area (Å²) < 4.78 is 5.89. The largest absolute Gasteiger partial charge is 0.395 e. The van der Waals surface area contributed by atoms with Crippen LogP contribution in [0, 0.1) is 6.92 Å². The van der Waals surface area contributed by atoms with Gasteiger partial charge in [0.05, 0.1) is 6.61 Å². The number of aliphatic hydroxyl groups is 1. The molecule has 0 atom stereocenters. The molecule has 0 saturated heterocycles. The van der Waals surface area contributed by atoms with Crippen molar-refractivity contribution < 1.29 is 5.11 Å². The number of hydrogen-bond donors (Lipinski definition) is 1. The number of aliphatic hydroxyl groups excluding tert-OH is 1. The molecule has 0 aromatic carbocycles. The summed E-state index contributed by atoms with van der Waals surface area (Å²) in [6, 6.07) is 0. The molecular formula is C12H15N5O3. The van der Waals surface area contributed by atoms with Crippen LogP contribution in [0.1, 0.15) is 5.69 Å². The van der Waals surface area contributed by atoms with E-state index in [1.54, 1.807) is 17.6 Å². The van der Waals surface area contributed by atoms with Gasteiger partial charge in [-0.15, -0.1) is 0 Å². The van der Waals surface area contributed by atoms with Gasteiger partial charge in [-0.3, -0.25) is 18.3 Å². The Hall–Kier alpha value is -2.35. The molecule has 0 aliphatic heterocycles. The molecule has 3 aromatic heterocycles. The summed E-state index contributed by atoms with van der Waals surface area (Å²) in [6.07, 6.45) is 1.78. The van der Waals surface area contributed by atoms with Gasteiger partial charge in [0.2, 0.25) is 5.78 Å². The van der Waals surface area contributed by atoms with Crippen molar-refractivity contribution in [2.24, 2.45) is 14.1 Å². The highest BCUT2D eigenvalue weighted by molar-refractivity contribution is 5.75. The second kappa shape index (κ2) is 4.07. The molecule has 0 aliphatic carbocycles. The molecule has 0 amide bonds. The Balaban J connectivity index is 2.57. The van der Waals surface area contributed by atoms with Crippen molar-refractivity contribution in [1.82, 2.24) is 23.1 Å². The Morgan fingerprint density at radius 1 is 1.25 bits per heavy atom. The Morgan fingerprint density at radius 3 is 2.60 bits per heavy atom. The van der Waals surface area contributed by atoms with E-state index in [2.05, 4.69) is 4.98 Å². The lowest BCUT2D eigenvalue weighted by Crippen LogP contribution is -2.37. The van der Waals surface area contributed by atoms with E-state index in [1.165, 1.54) is 11.6 Å². The summed E-state index contributed by atoms with van der Waals surface area (Å²) in [4.78, 5) is 28.6. The molecule has 0 fully saturated rings. The maximum atomic E-state index is 12.3. The van der Waals surface area contributed by atoms with E-state index in [0.29, 0.717) is 23.5 Å². The fourth-order valence-corrected chi connectivity index (χ4v) is 2.51. The molecule has 0 unspecified atom stereocenters. The zero-order valence-corrected chi connectivity index (χ0v) is 11.5. The SMILES string of the molecule is Cc1cn2c3c(=O)n(C)c(=O)n(C)c3nc2n1CCO. The lowest BCUT2D eigenvalue weighted by molar-refractivity contribution is 0.276. The fourth-order valence-electron chi connectivity index (χ4n) is 2.51. The number of aromatic nitrogens is 5. The van der Waals surface area contributed by atoms with Crippen molar-refractivity contribution in [2.45, 2.75) is 13.5 Å². The Bertz CT molecular complexity index is 940. The smallest absolute Gasteiger partial charge is 0.332 e. The van der Waals surface area contributed by atoms with Crippen molar-refractivity contribution in [1.29, 1.82) is 0 Å². The first-order valence-electron chi connectivity index (χ1n) is 6.22. The van der Waals surface area contributed by atoms with Gasteiger partial charge >= 0.3 is 5.69 Å². The van der Waals surface area contributed by atoms with Crippen LogP contribution in [0.15, 0.2) is 15.8 Å². The molecule has 3 aromatic rings. The first-order valence-corrected chi connectivity index (χ1v) is 6.22. The molecule has 8 nitrogen and oxygen atoms in total. The molecule has 3 heterocycles. The number of nitrogens with zero attached hydrogens (tertiary/aromatic N) is 5. The van der Waals surface area contributed by atoms with Crippen LogP contribution >= 0.6 is 0 Å². The standard InChI is InChI=1S/C12H15N5O3/c1-7-6-17-8-9(13-11(17)16(7)4-5-18)14(2)12(20)15(3)10(8)19/h6,18H,4-5H2,1-3H3. The Kier molecular flexibility index (Phi) is 2.58. The van der Waals surface area contributed by atoms with Crippen molar-refractivity contribution in [2.75, 3.05) is 6.61 Å². The van der Waals surface area contributed by atoms with Gasteiger partial charge in [0.1, 0.15) is 0 Å². The van der Waals surface area contributed by atoms with E-state index in [-0.39, 0.29) is 12.2 Å². The second-order valence-corrected chi connectivity index (χ2v) is 4.81. The average Bonchev–Trinajstić information content (AvgIpc) is 2.92. The Morgan fingerprint density at radius 2 is 1.95 bits per heavy atom. The summed E-state index contributed by atoms with van der Waals surface area (Å²) in [7, 11) is 3.03. The number of aryl methyl sites for hydroxylation is 2. The van der Waals surface area contributed by atoms with Crippen LogP contribution in [0.5, 0.6) is 0 Å². The van der Waals surface area contributed by atoms with Crippen molar-refractivity contribution in [3.63, 3.8) is 0 Å². The van der Waals surface area contributed by atoms with Gasteiger partial charge in [0.15, 0.2) is 11.2 Å². The predicted octanol–water partition coefficient (Wildman–Crippen LogP) is -1.01. The first kappa shape index (κ1) is 12.7. The molecule has 1 N–H and O–H groups in total. The Labute approximate surface area is 113 Å². The third-order valence-corrected chi connectivity index (χ3v) is 3.58. The van der Waals surface area contributed by atoms with Gasteiger partial charge < -0.3 is 9.67 Å². The summed E-state index contributed by atoms with van der Waals surface area (Å²) in [6.45, 7) is 2.24. The quantitative estimate of drug-likeness (QED) is 0.650. The highest BCUT2D eigenvalue weighted by Gasteiger charge is 2.18. The number of rotatable bonds is 2. The van der Waals surface area contributed by atoms with E-state index >= 15 is 0 Å². The van der Waals surface area contributed by atoms with E-state index < -0.39 is 5.69 Å². The van der Waals surface area contributed by atoms with Crippen molar-refractivity contribution in [3.8, 4) is 0 Å². The van der Waals surface area contributed by atoms with Crippen LogP contribution in [0.4, 0.5) is 0 Å². The molecule has 106 valence electrons. The highest BCUT2D eigenvalue weighted by Crippen LogP contribution is 2.15. The maximum Gasteiger partial charge on any atom is 0.332 e. The molecule has 0 bridgehead atoms. The third kappa shape index (κ3) is 1.42. The van der Waals surface area contributed by atoms with Crippen molar-refractivity contribution in [3.05, 3.63) is 32.7 Å². The topological polar surface area (TPSA) is 86.5 Å². The number of imidazole rings is 2. The minimum absolute atomic E-state index is 0.0225. The molecular weight excluding hydrogens is 262 g/mol. The van der Waals surface area contributed by atoms with Gasteiger partial charge in [-0.2, -0.15) is 4.98 Å². The summed E-state index contributed by atoms with van der Waals surface area (Å²) in [5.74, 6) is 0.546. The van der Waals surface area contributed by atoms with Crippen LogP contribution in [-0.4, -0.2) is 34.8 Å². The van der Waals surface area contributed by atoms with Crippen LogP contribution in [0.2, 0.25) is 0 Å². The first-order chi connectivity index (χ1) is 9.47. The zero-order chi connectivity index (χ0) is 14.6. The second-order valence-electron chi connectivity index (χ2n) is 4.81. The highest BCUT2D eigenvalue weighted by atomic mass is 16.3. The van der Waals surface area contributed by atoms with E-state index in [1.807, 2.05) is 11.5 Å². The molecule has 3 rings (SSSR count). The van der Waals surface area contributed by atoms with E-state index in [4.69, 9.17) is 5.11 Å². The van der Waals surface area contributed by atoms with Crippen LogP contribution < -0.4 is 11.2 Å². The lowest BCUT2D eigenvalue weighted by Gasteiger charge is -2.02. The molecule has 0 radical (unpaired) electrons. The zero-order valence-electron chi connectivity index (χ0n) is 11.5.